The molecule has 0 aromatic heterocycles. The second kappa shape index (κ2) is 40.3. The van der Waals surface area contributed by atoms with Gasteiger partial charge in [-0.3, -0.25) is 4.79 Å². The van der Waals surface area contributed by atoms with Gasteiger partial charge in [0.2, 0.25) is 0 Å². The topological polar surface area (TPSA) is 55.8 Å². The summed E-state index contributed by atoms with van der Waals surface area (Å²) in [5, 5.41) is 9.58. The molecular formula is C43H76O4. The predicted octanol–water partition coefficient (Wildman–Crippen LogP) is 12.9. The second-order valence-electron chi connectivity index (χ2n) is 13.0. The number of aliphatic hydroxyl groups excluding tert-OH is 1. The summed E-state index contributed by atoms with van der Waals surface area (Å²) < 4.78 is 11.1. The average Bonchev–Trinajstić information content (AvgIpc) is 3.08. The zero-order chi connectivity index (χ0) is 34.1. The van der Waals surface area contributed by atoms with E-state index in [1.807, 2.05) is 0 Å². The van der Waals surface area contributed by atoms with Crippen molar-refractivity contribution >= 4 is 5.97 Å². The van der Waals surface area contributed by atoms with Gasteiger partial charge in [-0.15, -0.1) is 0 Å². The molecule has 0 saturated heterocycles. The fourth-order valence-electron chi connectivity index (χ4n) is 5.37. The van der Waals surface area contributed by atoms with Crippen molar-refractivity contribution in [1.82, 2.24) is 0 Å². The number of esters is 1. The first-order chi connectivity index (χ1) is 23.2. The van der Waals surface area contributed by atoms with Crippen LogP contribution in [-0.2, 0) is 14.3 Å². The van der Waals surface area contributed by atoms with Crippen molar-refractivity contribution < 1.29 is 19.4 Å². The monoisotopic (exact) mass is 657 g/mol. The molecule has 0 rings (SSSR count). The van der Waals surface area contributed by atoms with Crippen molar-refractivity contribution in [2.24, 2.45) is 0 Å². The van der Waals surface area contributed by atoms with Crippen molar-refractivity contribution in [2.75, 3.05) is 19.8 Å². The molecule has 0 saturated carbocycles. The predicted molar refractivity (Wildman–Crippen MR) is 205 cm³/mol. The first kappa shape index (κ1) is 45.1. The first-order valence-electron chi connectivity index (χ1n) is 19.9. The number of allylic oxidation sites excluding steroid dienone is 10. The van der Waals surface area contributed by atoms with Crippen LogP contribution in [0.25, 0.3) is 0 Å². The molecule has 0 aliphatic heterocycles. The lowest BCUT2D eigenvalue weighted by Crippen LogP contribution is -2.27. The summed E-state index contributed by atoms with van der Waals surface area (Å²) in [6.07, 6.45) is 52.6. The van der Waals surface area contributed by atoms with Crippen molar-refractivity contribution in [2.45, 2.75) is 187 Å². The minimum atomic E-state index is -0.544. The SMILES string of the molecule is CC/C=C\C/C=C\C/C=C\CCCCCCCCCC(=O)OC(CO)COCCCCCCCCCC/C=C\C/C=C\CCCCC. The number of aliphatic hydroxyl groups is 1. The average molecular weight is 657 g/mol. The second-order valence-corrected chi connectivity index (χ2v) is 13.0. The Morgan fingerprint density at radius 1 is 0.532 bits per heavy atom. The lowest BCUT2D eigenvalue weighted by Gasteiger charge is -2.16. The van der Waals surface area contributed by atoms with Crippen LogP contribution in [0.1, 0.15) is 181 Å². The summed E-state index contributed by atoms with van der Waals surface area (Å²) in [5.74, 6) is -0.215. The van der Waals surface area contributed by atoms with E-state index >= 15 is 0 Å². The quantitative estimate of drug-likeness (QED) is 0.0414. The number of ether oxygens (including phenoxy) is 2. The highest BCUT2D eigenvalue weighted by molar-refractivity contribution is 5.69. The summed E-state index contributed by atoms with van der Waals surface area (Å²) in [5.41, 5.74) is 0. The van der Waals surface area contributed by atoms with Crippen molar-refractivity contribution in [1.29, 1.82) is 0 Å². The van der Waals surface area contributed by atoms with Crippen LogP contribution in [0.5, 0.6) is 0 Å². The van der Waals surface area contributed by atoms with Gasteiger partial charge in [0.05, 0.1) is 13.2 Å². The number of hydrogen-bond acceptors (Lipinski definition) is 4. The van der Waals surface area contributed by atoms with E-state index in [-0.39, 0.29) is 19.2 Å². The Labute approximate surface area is 292 Å². The van der Waals surface area contributed by atoms with Gasteiger partial charge in [0, 0.05) is 13.0 Å². The molecule has 0 fully saturated rings. The smallest absolute Gasteiger partial charge is 0.306 e. The van der Waals surface area contributed by atoms with Crippen molar-refractivity contribution in [3.8, 4) is 0 Å². The van der Waals surface area contributed by atoms with Crippen LogP contribution in [0.4, 0.5) is 0 Å². The lowest BCUT2D eigenvalue weighted by atomic mass is 10.1. The van der Waals surface area contributed by atoms with Crippen molar-refractivity contribution in [3.05, 3.63) is 60.8 Å². The summed E-state index contributed by atoms with van der Waals surface area (Å²) in [6.45, 7) is 5.19. The molecule has 1 atom stereocenters. The van der Waals surface area contributed by atoms with E-state index in [2.05, 4.69) is 74.6 Å². The fraction of sp³-hybridized carbons (Fsp3) is 0.744. The molecule has 0 heterocycles. The highest BCUT2D eigenvalue weighted by Crippen LogP contribution is 2.12. The first-order valence-corrected chi connectivity index (χ1v) is 19.9. The molecule has 4 heteroatoms. The molecule has 1 N–H and O–H groups in total. The summed E-state index contributed by atoms with van der Waals surface area (Å²) in [4.78, 5) is 12.2. The molecule has 0 aromatic rings. The van der Waals surface area contributed by atoms with Gasteiger partial charge in [-0.1, -0.05) is 158 Å². The van der Waals surface area contributed by atoms with Gasteiger partial charge in [0.25, 0.3) is 0 Å². The van der Waals surface area contributed by atoms with E-state index in [0.29, 0.717) is 13.0 Å². The molecule has 0 spiro atoms. The molecule has 47 heavy (non-hydrogen) atoms. The minimum Gasteiger partial charge on any atom is -0.457 e. The standard InChI is InChI=1S/C43H76O4/c1-3-5-7-9-11-13-15-17-19-21-23-25-27-29-31-33-35-37-39-46-41-42(40-44)47-43(45)38-36-34-32-30-28-26-24-22-20-18-16-14-12-10-8-6-4-2/h6,8,11-14,17-20,42,44H,3-5,7,9-10,15-16,21-41H2,1-2H3/b8-6-,13-11-,14-12-,19-17-,20-18-. The Hall–Kier alpha value is -1.91. The van der Waals surface area contributed by atoms with Gasteiger partial charge in [-0.05, 0) is 77.0 Å². The molecule has 0 bridgehead atoms. The van der Waals surface area contributed by atoms with Crippen LogP contribution in [-0.4, -0.2) is 37.0 Å². The van der Waals surface area contributed by atoms with Gasteiger partial charge in [0.1, 0.15) is 6.10 Å². The molecule has 0 radical (unpaired) electrons. The van der Waals surface area contributed by atoms with Gasteiger partial charge in [-0.25, -0.2) is 0 Å². The summed E-state index contributed by atoms with van der Waals surface area (Å²) >= 11 is 0. The Morgan fingerprint density at radius 3 is 1.45 bits per heavy atom. The fourth-order valence-corrected chi connectivity index (χ4v) is 5.37. The lowest BCUT2D eigenvalue weighted by molar-refractivity contribution is -0.154. The molecule has 272 valence electrons. The third-order valence-electron chi connectivity index (χ3n) is 8.33. The van der Waals surface area contributed by atoms with Crippen molar-refractivity contribution in [3.63, 3.8) is 0 Å². The number of unbranched alkanes of at least 4 members (excludes halogenated alkanes) is 18. The highest BCUT2D eigenvalue weighted by Gasteiger charge is 2.13. The molecule has 0 amide bonds. The Kier molecular flexibility index (Phi) is 38.6. The van der Waals surface area contributed by atoms with E-state index in [0.717, 1.165) is 44.9 Å². The van der Waals surface area contributed by atoms with Crippen LogP contribution >= 0.6 is 0 Å². The maximum absolute atomic E-state index is 12.2. The van der Waals surface area contributed by atoms with Crippen LogP contribution < -0.4 is 0 Å². The van der Waals surface area contributed by atoms with Gasteiger partial charge < -0.3 is 14.6 Å². The number of rotatable bonds is 36. The minimum absolute atomic E-state index is 0.180. The third kappa shape index (κ3) is 38.4. The number of carbonyl (C=O) groups is 1. The number of carbonyl (C=O) groups excluding carboxylic acids is 1. The van der Waals surface area contributed by atoms with E-state index in [1.165, 1.54) is 116 Å². The molecule has 0 aromatic carbocycles. The Balaban J connectivity index is 3.48. The normalized spacial score (nSPS) is 13.0. The Bertz CT molecular complexity index is 779. The molecular weight excluding hydrogens is 580 g/mol. The third-order valence-corrected chi connectivity index (χ3v) is 8.33. The van der Waals surface area contributed by atoms with E-state index in [4.69, 9.17) is 9.47 Å². The zero-order valence-electron chi connectivity index (χ0n) is 31.0. The van der Waals surface area contributed by atoms with Crippen LogP contribution in [0.2, 0.25) is 0 Å². The van der Waals surface area contributed by atoms with Crippen LogP contribution in [0, 0.1) is 0 Å². The van der Waals surface area contributed by atoms with Gasteiger partial charge >= 0.3 is 5.97 Å². The molecule has 1 unspecified atom stereocenters. The number of hydrogen-bond donors (Lipinski definition) is 1. The molecule has 0 aliphatic carbocycles. The highest BCUT2D eigenvalue weighted by atomic mass is 16.6. The van der Waals surface area contributed by atoms with Crippen LogP contribution in [0.3, 0.4) is 0 Å². The van der Waals surface area contributed by atoms with E-state index in [1.54, 1.807) is 0 Å². The van der Waals surface area contributed by atoms with E-state index in [9.17, 15) is 9.90 Å². The Morgan fingerprint density at radius 2 is 0.957 bits per heavy atom. The largest absolute Gasteiger partial charge is 0.457 e. The summed E-state index contributed by atoms with van der Waals surface area (Å²) in [7, 11) is 0. The zero-order valence-corrected chi connectivity index (χ0v) is 31.0. The summed E-state index contributed by atoms with van der Waals surface area (Å²) in [6, 6.07) is 0. The maximum Gasteiger partial charge on any atom is 0.306 e. The molecule has 0 aliphatic rings. The maximum atomic E-state index is 12.2. The van der Waals surface area contributed by atoms with E-state index < -0.39 is 6.10 Å². The van der Waals surface area contributed by atoms with Crippen LogP contribution in [0.15, 0.2) is 60.8 Å². The van der Waals surface area contributed by atoms with Gasteiger partial charge in [-0.2, -0.15) is 0 Å². The molecule has 4 nitrogen and oxygen atoms in total. The van der Waals surface area contributed by atoms with Gasteiger partial charge in [0.15, 0.2) is 0 Å².